The Labute approximate surface area is 115 Å². The minimum Gasteiger partial charge on any atom is -0.325 e. The van der Waals surface area contributed by atoms with Crippen LogP contribution in [0.15, 0.2) is 24.3 Å². The van der Waals surface area contributed by atoms with Crippen LogP contribution < -0.4 is 5.73 Å². The van der Waals surface area contributed by atoms with Gasteiger partial charge in [0, 0.05) is 5.54 Å². The number of rotatable bonds is 2. The summed E-state index contributed by atoms with van der Waals surface area (Å²) in [5, 5.41) is 0. The van der Waals surface area contributed by atoms with Crippen molar-refractivity contribution in [2.75, 3.05) is 11.5 Å². The van der Waals surface area contributed by atoms with E-state index in [-0.39, 0.29) is 30.8 Å². The van der Waals surface area contributed by atoms with Crippen molar-refractivity contribution < 1.29 is 21.6 Å². The summed E-state index contributed by atoms with van der Waals surface area (Å²) < 4.78 is 60.6. The van der Waals surface area contributed by atoms with Crippen LogP contribution >= 0.6 is 0 Å². The molecule has 0 saturated carbocycles. The van der Waals surface area contributed by atoms with E-state index in [1.165, 1.54) is 6.07 Å². The zero-order chi connectivity index (χ0) is 15.0. The fourth-order valence-corrected chi connectivity index (χ4v) is 4.02. The van der Waals surface area contributed by atoms with Crippen LogP contribution in [-0.2, 0) is 22.4 Å². The summed E-state index contributed by atoms with van der Waals surface area (Å²) in [7, 11) is -3.04. The first-order valence-corrected chi connectivity index (χ1v) is 8.07. The highest BCUT2D eigenvalue weighted by Crippen LogP contribution is 2.31. The fraction of sp³-hybridized carbons (Fsp3) is 0.538. The molecule has 112 valence electrons. The lowest BCUT2D eigenvalue weighted by molar-refractivity contribution is -0.137. The number of hydrogen-bond donors (Lipinski definition) is 1. The second-order valence-corrected chi connectivity index (χ2v) is 7.69. The molecule has 1 fully saturated rings. The average molecular weight is 307 g/mol. The summed E-state index contributed by atoms with van der Waals surface area (Å²) in [6, 6.07) is 5.03. The molecule has 1 aromatic carbocycles. The van der Waals surface area contributed by atoms with Crippen LogP contribution in [0.1, 0.15) is 24.0 Å². The largest absolute Gasteiger partial charge is 0.416 e. The van der Waals surface area contributed by atoms with Crippen LogP contribution in [0.5, 0.6) is 0 Å². The molecule has 0 unspecified atom stereocenters. The van der Waals surface area contributed by atoms with E-state index in [9.17, 15) is 21.6 Å². The molecule has 20 heavy (non-hydrogen) atoms. The maximum absolute atomic E-state index is 12.6. The molecule has 0 radical (unpaired) electrons. The van der Waals surface area contributed by atoms with Gasteiger partial charge in [-0.05, 0) is 30.9 Å². The monoisotopic (exact) mass is 307 g/mol. The summed E-state index contributed by atoms with van der Waals surface area (Å²) in [5.74, 6) is 0.00488. The normalized spacial score (nSPS) is 21.6. The predicted molar refractivity (Wildman–Crippen MR) is 70.0 cm³/mol. The van der Waals surface area contributed by atoms with E-state index in [1.54, 1.807) is 6.07 Å². The molecule has 2 rings (SSSR count). The SMILES string of the molecule is NC1(Cc2cccc(C(F)(F)F)c2)CCS(=O)(=O)CC1. The third kappa shape index (κ3) is 3.73. The van der Waals surface area contributed by atoms with Crippen LogP contribution in [0, 0.1) is 0 Å². The summed E-state index contributed by atoms with van der Waals surface area (Å²) >= 11 is 0. The van der Waals surface area contributed by atoms with Gasteiger partial charge in [0.15, 0.2) is 0 Å². The van der Waals surface area contributed by atoms with E-state index < -0.39 is 27.1 Å². The lowest BCUT2D eigenvalue weighted by atomic mass is 9.86. The van der Waals surface area contributed by atoms with Gasteiger partial charge in [-0.2, -0.15) is 13.2 Å². The molecular weight excluding hydrogens is 291 g/mol. The topological polar surface area (TPSA) is 60.2 Å². The summed E-state index contributed by atoms with van der Waals surface area (Å²) in [4.78, 5) is 0. The van der Waals surface area contributed by atoms with Crippen molar-refractivity contribution in [3.63, 3.8) is 0 Å². The van der Waals surface area contributed by atoms with Crippen molar-refractivity contribution in [2.45, 2.75) is 31.0 Å². The molecule has 3 nitrogen and oxygen atoms in total. The maximum atomic E-state index is 12.6. The highest BCUT2D eigenvalue weighted by molar-refractivity contribution is 7.91. The summed E-state index contributed by atoms with van der Waals surface area (Å²) in [6.45, 7) is 0. The first kappa shape index (κ1) is 15.3. The highest BCUT2D eigenvalue weighted by atomic mass is 32.2. The van der Waals surface area contributed by atoms with Crippen LogP contribution in [0.2, 0.25) is 0 Å². The molecular formula is C13H16F3NO2S. The zero-order valence-corrected chi connectivity index (χ0v) is 11.6. The van der Waals surface area contributed by atoms with E-state index in [4.69, 9.17) is 5.73 Å². The van der Waals surface area contributed by atoms with E-state index in [1.807, 2.05) is 0 Å². The minimum absolute atomic E-state index is 0.00244. The zero-order valence-electron chi connectivity index (χ0n) is 10.8. The molecule has 1 aliphatic rings. The lowest BCUT2D eigenvalue weighted by Crippen LogP contribution is -2.48. The molecule has 7 heteroatoms. The summed E-state index contributed by atoms with van der Waals surface area (Å²) in [6.07, 6.45) is -3.56. The van der Waals surface area contributed by atoms with Crippen LogP contribution in [-0.4, -0.2) is 25.5 Å². The number of hydrogen-bond acceptors (Lipinski definition) is 3. The molecule has 0 atom stereocenters. The number of sulfone groups is 1. The Morgan fingerprint density at radius 3 is 2.35 bits per heavy atom. The van der Waals surface area contributed by atoms with E-state index in [0.717, 1.165) is 12.1 Å². The Hall–Kier alpha value is -1.08. The van der Waals surface area contributed by atoms with Gasteiger partial charge in [-0.1, -0.05) is 18.2 Å². The third-order valence-electron chi connectivity index (χ3n) is 3.63. The van der Waals surface area contributed by atoms with Crippen molar-refractivity contribution in [3.8, 4) is 0 Å². The lowest BCUT2D eigenvalue weighted by Gasteiger charge is -2.33. The Kier molecular flexibility index (Phi) is 3.85. The van der Waals surface area contributed by atoms with Crippen molar-refractivity contribution in [3.05, 3.63) is 35.4 Å². The van der Waals surface area contributed by atoms with Gasteiger partial charge in [0.1, 0.15) is 9.84 Å². The van der Waals surface area contributed by atoms with Gasteiger partial charge in [-0.25, -0.2) is 8.42 Å². The first-order chi connectivity index (χ1) is 9.10. The average Bonchev–Trinajstić information content (AvgIpc) is 2.33. The third-order valence-corrected chi connectivity index (χ3v) is 5.28. The number of alkyl halides is 3. The van der Waals surface area contributed by atoms with E-state index >= 15 is 0 Å². The second-order valence-electron chi connectivity index (χ2n) is 5.39. The molecule has 0 aliphatic carbocycles. The second kappa shape index (κ2) is 5.04. The van der Waals surface area contributed by atoms with Crippen molar-refractivity contribution in [1.29, 1.82) is 0 Å². The minimum atomic E-state index is -4.38. The van der Waals surface area contributed by atoms with Crippen molar-refractivity contribution in [2.24, 2.45) is 5.73 Å². The van der Waals surface area contributed by atoms with Gasteiger partial charge in [0.25, 0.3) is 0 Å². The van der Waals surface area contributed by atoms with Gasteiger partial charge < -0.3 is 5.73 Å². The molecule has 0 aromatic heterocycles. The van der Waals surface area contributed by atoms with E-state index in [0.29, 0.717) is 5.56 Å². The van der Waals surface area contributed by atoms with Crippen LogP contribution in [0.3, 0.4) is 0 Å². The van der Waals surface area contributed by atoms with Gasteiger partial charge in [0.05, 0.1) is 17.1 Å². The number of benzene rings is 1. The van der Waals surface area contributed by atoms with Crippen molar-refractivity contribution >= 4 is 9.84 Å². The van der Waals surface area contributed by atoms with Crippen LogP contribution in [0.4, 0.5) is 13.2 Å². The molecule has 2 N–H and O–H groups in total. The van der Waals surface area contributed by atoms with Gasteiger partial charge in [-0.15, -0.1) is 0 Å². The smallest absolute Gasteiger partial charge is 0.325 e. The molecule has 1 aliphatic heterocycles. The fourth-order valence-electron chi connectivity index (χ4n) is 2.39. The Morgan fingerprint density at radius 2 is 1.80 bits per heavy atom. The Morgan fingerprint density at radius 1 is 1.20 bits per heavy atom. The van der Waals surface area contributed by atoms with Gasteiger partial charge in [0.2, 0.25) is 0 Å². The first-order valence-electron chi connectivity index (χ1n) is 6.25. The molecule has 1 aromatic rings. The standard InChI is InChI=1S/C13H16F3NO2S/c14-13(15,16)11-3-1-2-10(8-11)9-12(17)4-6-20(18,19)7-5-12/h1-3,8H,4-7,9,17H2. The summed E-state index contributed by atoms with van der Waals surface area (Å²) in [5.41, 5.74) is 5.17. The molecule has 0 bridgehead atoms. The molecule has 0 spiro atoms. The van der Waals surface area contributed by atoms with Gasteiger partial charge >= 0.3 is 6.18 Å². The number of halogens is 3. The Bertz CT molecular complexity index is 582. The number of nitrogens with two attached hydrogens (primary N) is 1. The molecule has 0 amide bonds. The van der Waals surface area contributed by atoms with Crippen molar-refractivity contribution in [1.82, 2.24) is 0 Å². The van der Waals surface area contributed by atoms with Crippen LogP contribution in [0.25, 0.3) is 0 Å². The highest BCUT2D eigenvalue weighted by Gasteiger charge is 2.35. The Balaban J connectivity index is 2.14. The molecule has 1 heterocycles. The quantitative estimate of drug-likeness (QED) is 0.911. The van der Waals surface area contributed by atoms with Gasteiger partial charge in [-0.3, -0.25) is 0 Å². The maximum Gasteiger partial charge on any atom is 0.416 e. The molecule has 1 saturated heterocycles. The predicted octanol–water partition coefficient (Wildman–Crippen LogP) is 2.15. The van der Waals surface area contributed by atoms with E-state index in [2.05, 4.69) is 0 Å².